The molecule has 0 fully saturated rings. The lowest BCUT2D eigenvalue weighted by molar-refractivity contribution is -0.192. The number of halogens is 3. The smallest absolute Gasteiger partial charge is 0.490 e. The Bertz CT molecular complexity index is 1790. The molecule has 1 heterocycles. The zero-order valence-electron chi connectivity index (χ0n) is 26.3. The molecule has 6 N–H and O–H groups in total. The Labute approximate surface area is 272 Å². The number of carbonyl (C=O) groups is 2. The fourth-order valence-electron chi connectivity index (χ4n) is 4.02. The minimum atomic E-state index is -5.08. The highest BCUT2D eigenvalue weighted by Crippen LogP contribution is 2.34. The Morgan fingerprint density at radius 3 is 2.27 bits per heavy atom. The number of carbonyl (C=O) groups excluding carboxylic acids is 1. The second kappa shape index (κ2) is 16.0. The van der Waals surface area contributed by atoms with Crippen molar-refractivity contribution in [2.45, 2.75) is 19.1 Å². The van der Waals surface area contributed by atoms with Gasteiger partial charge in [0, 0.05) is 25.3 Å². The molecule has 256 valence electrons. The molecule has 0 bridgehead atoms. The maximum atomic E-state index is 13.1. The van der Waals surface area contributed by atoms with Crippen molar-refractivity contribution in [3.63, 3.8) is 0 Å². The third-order valence-corrected chi connectivity index (χ3v) is 6.42. The molecule has 48 heavy (non-hydrogen) atoms. The monoisotopic (exact) mass is 673 g/mol. The average molecular weight is 674 g/mol. The third kappa shape index (κ3) is 9.51. The van der Waals surface area contributed by atoms with Gasteiger partial charge in [-0.25, -0.2) is 9.59 Å². The zero-order valence-corrected chi connectivity index (χ0v) is 26.3. The number of hydrogen-bond acceptors (Lipinski definition) is 9. The highest BCUT2D eigenvalue weighted by Gasteiger charge is 2.38. The van der Waals surface area contributed by atoms with E-state index in [1.54, 1.807) is 80.8 Å². The fraction of sp³-hybridized carbons (Fsp3) is 0.258. The molecule has 14 nitrogen and oxygen atoms in total. The van der Waals surface area contributed by atoms with Crippen LogP contribution in [0.25, 0.3) is 5.69 Å². The number of para-hydroxylation sites is 2. The van der Waals surface area contributed by atoms with E-state index >= 15 is 0 Å². The first-order valence-electron chi connectivity index (χ1n) is 14.1. The number of aromatic nitrogens is 3. The van der Waals surface area contributed by atoms with Crippen molar-refractivity contribution in [2.24, 2.45) is 5.73 Å². The summed E-state index contributed by atoms with van der Waals surface area (Å²) in [6.45, 7) is 2.07. The summed E-state index contributed by atoms with van der Waals surface area (Å²) in [6, 6.07) is 18.8. The molecule has 1 unspecified atom stereocenters. The zero-order chi connectivity index (χ0) is 35.6. The van der Waals surface area contributed by atoms with Gasteiger partial charge >= 0.3 is 17.8 Å². The molecule has 0 saturated heterocycles. The maximum Gasteiger partial charge on any atom is 0.490 e. The number of H-pyrrole nitrogens is 1. The Hall–Kier alpha value is -6.00. The van der Waals surface area contributed by atoms with Crippen molar-refractivity contribution < 1.29 is 42.1 Å². The van der Waals surface area contributed by atoms with Crippen molar-refractivity contribution in [1.29, 1.82) is 5.41 Å². The molecule has 0 aliphatic rings. The van der Waals surface area contributed by atoms with Gasteiger partial charge in [-0.3, -0.25) is 15.2 Å². The van der Waals surface area contributed by atoms with E-state index in [0.717, 1.165) is 0 Å². The lowest BCUT2D eigenvalue weighted by Gasteiger charge is -2.21. The summed E-state index contributed by atoms with van der Waals surface area (Å²) in [6.07, 6.45) is -5.08. The summed E-state index contributed by atoms with van der Waals surface area (Å²) in [4.78, 5) is 38.4. The summed E-state index contributed by atoms with van der Waals surface area (Å²) < 4.78 is 50.0. The highest BCUT2D eigenvalue weighted by atomic mass is 19.4. The van der Waals surface area contributed by atoms with E-state index in [9.17, 15) is 22.8 Å². The number of rotatable bonds is 12. The van der Waals surface area contributed by atoms with E-state index in [2.05, 4.69) is 15.4 Å². The van der Waals surface area contributed by atoms with Gasteiger partial charge in [0.15, 0.2) is 23.9 Å². The van der Waals surface area contributed by atoms with Crippen LogP contribution in [-0.4, -0.2) is 83.1 Å². The van der Waals surface area contributed by atoms with Crippen LogP contribution < -0.4 is 31.0 Å². The normalized spacial score (nSPS) is 11.4. The Kier molecular flexibility index (Phi) is 12.2. The summed E-state index contributed by atoms with van der Waals surface area (Å²) in [5.74, 6) is -1.33. The lowest BCUT2D eigenvalue weighted by atomic mass is 10.0. The number of nitrogens with zero attached hydrogens (tertiary/aromatic N) is 3. The number of amidine groups is 1. The second-order valence-electron chi connectivity index (χ2n) is 9.99. The van der Waals surface area contributed by atoms with E-state index in [4.69, 9.17) is 35.3 Å². The van der Waals surface area contributed by atoms with Crippen molar-refractivity contribution >= 4 is 23.4 Å². The number of carboxylic acids is 1. The molecule has 0 aliphatic heterocycles. The van der Waals surface area contributed by atoms with Gasteiger partial charge < -0.3 is 35.3 Å². The standard InChI is InChI=1S/C29H33N7O5.C2HF3O2/c1-5-40-24-16-19(12-15-23(24)41-17-25(37)35(2)3)26(32-20-13-10-18(11-14-20)27(30)31)28-33-29(38)36(34-28)21-8-6-7-9-22(21)39-4;3-2(4,5)1(6)7/h6-16,26,32H,5,17H2,1-4H3,(H3,30,31)(H,33,34,38);(H,6,7). The number of aromatic amines is 1. The quantitative estimate of drug-likeness (QED) is 0.110. The molecule has 1 atom stereocenters. The van der Waals surface area contributed by atoms with Gasteiger partial charge in [0.25, 0.3) is 5.91 Å². The van der Waals surface area contributed by atoms with Crippen LogP contribution >= 0.6 is 0 Å². The summed E-state index contributed by atoms with van der Waals surface area (Å²) in [5.41, 5.74) is 7.63. The number of likely N-dealkylation sites (N-methyl/N-ethyl adjacent to an activating group) is 1. The van der Waals surface area contributed by atoms with Crippen LogP contribution in [0.3, 0.4) is 0 Å². The summed E-state index contributed by atoms with van der Waals surface area (Å²) >= 11 is 0. The van der Waals surface area contributed by atoms with Crippen molar-refractivity contribution in [3.8, 4) is 22.9 Å². The van der Waals surface area contributed by atoms with Gasteiger partial charge in [0.2, 0.25) is 0 Å². The number of anilines is 1. The predicted octanol–water partition coefficient (Wildman–Crippen LogP) is 3.55. The van der Waals surface area contributed by atoms with Gasteiger partial charge in [0.1, 0.15) is 23.3 Å². The van der Waals surface area contributed by atoms with Gasteiger partial charge in [-0.2, -0.15) is 17.9 Å². The van der Waals surface area contributed by atoms with Crippen LogP contribution in [-0.2, 0) is 9.59 Å². The molecule has 1 aromatic heterocycles. The van der Waals surface area contributed by atoms with E-state index in [1.807, 2.05) is 6.92 Å². The first kappa shape index (κ1) is 36.5. The molecule has 0 saturated carbocycles. The minimum Gasteiger partial charge on any atom is -0.494 e. The molecule has 3 aromatic carbocycles. The number of carboxylic acid groups (broad SMARTS) is 1. The maximum absolute atomic E-state index is 13.1. The summed E-state index contributed by atoms with van der Waals surface area (Å²) in [7, 11) is 4.84. The number of hydrogen-bond donors (Lipinski definition) is 5. The van der Waals surface area contributed by atoms with Crippen molar-refractivity contribution in [3.05, 3.63) is 94.2 Å². The number of nitrogens with two attached hydrogens (primary N) is 1. The van der Waals surface area contributed by atoms with E-state index in [0.29, 0.717) is 52.2 Å². The lowest BCUT2D eigenvalue weighted by Crippen LogP contribution is -2.27. The molecule has 0 radical (unpaired) electrons. The Morgan fingerprint density at radius 2 is 1.71 bits per heavy atom. The van der Waals surface area contributed by atoms with Crippen molar-refractivity contribution in [1.82, 2.24) is 19.7 Å². The average Bonchev–Trinajstić information content (AvgIpc) is 3.43. The first-order chi connectivity index (χ1) is 22.7. The topological polar surface area (TPSA) is 198 Å². The van der Waals surface area contributed by atoms with Crippen LogP contribution in [0.4, 0.5) is 18.9 Å². The molecule has 0 aliphatic carbocycles. The fourth-order valence-corrected chi connectivity index (χ4v) is 4.02. The van der Waals surface area contributed by atoms with E-state index < -0.39 is 23.9 Å². The SMILES string of the molecule is CCOc1cc(C(Nc2ccc(C(=N)N)cc2)c2nn(-c3ccccc3OC)c(=O)[nH]2)ccc1OCC(=O)N(C)C.O=C(O)C(F)(F)F. The van der Waals surface area contributed by atoms with Gasteiger partial charge in [-0.1, -0.05) is 18.2 Å². The number of amides is 1. The van der Waals surface area contributed by atoms with Gasteiger partial charge in [-0.05, 0) is 61.0 Å². The van der Waals surface area contributed by atoms with Crippen LogP contribution in [0.1, 0.15) is 29.9 Å². The Morgan fingerprint density at radius 1 is 1.06 bits per heavy atom. The minimum absolute atomic E-state index is 0.0438. The number of methoxy groups -OCH3 is 1. The van der Waals surface area contributed by atoms with Crippen LogP contribution in [0.15, 0.2) is 71.5 Å². The van der Waals surface area contributed by atoms with Crippen LogP contribution in [0, 0.1) is 5.41 Å². The van der Waals surface area contributed by atoms with Gasteiger partial charge in [-0.15, -0.1) is 5.10 Å². The summed E-state index contributed by atoms with van der Waals surface area (Å²) in [5, 5.41) is 22.8. The second-order valence-corrected chi connectivity index (χ2v) is 9.99. The highest BCUT2D eigenvalue weighted by molar-refractivity contribution is 5.95. The molecular weight excluding hydrogens is 639 g/mol. The molecule has 4 rings (SSSR count). The molecule has 0 spiro atoms. The number of benzene rings is 3. The number of alkyl halides is 3. The molecule has 4 aromatic rings. The predicted molar refractivity (Wildman–Crippen MR) is 169 cm³/mol. The number of nitrogens with one attached hydrogen (secondary N) is 3. The van der Waals surface area contributed by atoms with Crippen LogP contribution in [0.5, 0.6) is 17.2 Å². The molecule has 1 amide bonds. The van der Waals surface area contributed by atoms with E-state index in [1.165, 1.54) is 16.7 Å². The van der Waals surface area contributed by atoms with Crippen molar-refractivity contribution in [2.75, 3.05) is 39.7 Å². The number of aliphatic carboxylic acids is 1. The third-order valence-electron chi connectivity index (χ3n) is 6.42. The molecule has 17 heteroatoms. The molecular formula is C31H34F3N7O7. The van der Waals surface area contributed by atoms with Gasteiger partial charge in [0.05, 0.1) is 13.7 Å². The Balaban J connectivity index is 0.000000804. The first-order valence-corrected chi connectivity index (χ1v) is 14.1. The number of ether oxygens (including phenoxy) is 3. The largest absolute Gasteiger partial charge is 0.494 e. The number of nitrogen functional groups attached to an aromatic ring is 1. The van der Waals surface area contributed by atoms with Crippen LogP contribution in [0.2, 0.25) is 0 Å². The van der Waals surface area contributed by atoms with E-state index in [-0.39, 0.29) is 18.3 Å².